The molecule has 3 aliphatic carbocycles. The third-order valence-electron chi connectivity index (χ3n) is 7.23. The molecule has 0 bridgehead atoms. The minimum Gasteiger partial charge on any atom is -0.308 e. The van der Waals surface area contributed by atoms with Crippen molar-refractivity contribution in [3.8, 4) is 0 Å². The Hall–Kier alpha value is -0.160. The number of fused-ring (bicyclic) bond motifs is 4. The zero-order valence-electron chi connectivity index (χ0n) is 13.7. The molecule has 5 aliphatic rings. The normalized spacial score (nSPS) is 54.5. The van der Waals surface area contributed by atoms with Gasteiger partial charge in [0.25, 0.3) is 0 Å². The maximum Gasteiger partial charge on any atom is 0.0240 e. The molecular formula is C18H32N4. The lowest BCUT2D eigenvalue weighted by atomic mass is 9.74. The molecular weight excluding hydrogens is 272 g/mol. The van der Waals surface area contributed by atoms with Crippen LogP contribution >= 0.6 is 0 Å². The van der Waals surface area contributed by atoms with Crippen LogP contribution in [0.25, 0.3) is 0 Å². The van der Waals surface area contributed by atoms with Gasteiger partial charge in [0.05, 0.1) is 0 Å². The van der Waals surface area contributed by atoms with E-state index in [1.54, 1.807) is 0 Å². The summed E-state index contributed by atoms with van der Waals surface area (Å²) in [6.07, 6.45) is 13.8. The van der Waals surface area contributed by atoms with Crippen molar-refractivity contribution >= 4 is 0 Å². The van der Waals surface area contributed by atoms with Crippen LogP contribution in [0.3, 0.4) is 0 Å². The summed E-state index contributed by atoms with van der Waals surface area (Å²) in [4.78, 5) is 0. The van der Waals surface area contributed by atoms with Gasteiger partial charge in [0.2, 0.25) is 0 Å². The molecule has 4 nitrogen and oxygen atoms in total. The van der Waals surface area contributed by atoms with Gasteiger partial charge >= 0.3 is 0 Å². The Kier molecular flexibility index (Phi) is 3.70. The molecule has 3 saturated carbocycles. The van der Waals surface area contributed by atoms with E-state index in [2.05, 4.69) is 21.3 Å². The zero-order valence-corrected chi connectivity index (χ0v) is 13.7. The highest BCUT2D eigenvalue weighted by Crippen LogP contribution is 2.33. The van der Waals surface area contributed by atoms with Crippen molar-refractivity contribution in [2.75, 3.05) is 0 Å². The second-order valence-corrected chi connectivity index (χ2v) is 8.56. The number of hydrogen-bond acceptors (Lipinski definition) is 4. The van der Waals surface area contributed by atoms with Gasteiger partial charge in [0.15, 0.2) is 0 Å². The van der Waals surface area contributed by atoms with Gasteiger partial charge < -0.3 is 21.3 Å². The second kappa shape index (κ2) is 5.73. The van der Waals surface area contributed by atoms with Crippen LogP contribution in [0.5, 0.6) is 0 Å². The smallest absolute Gasteiger partial charge is 0.0240 e. The largest absolute Gasteiger partial charge is 0.308 e. The van der Waals surface area contributed by atoms with E-state index in [4.69, 9.17) is 0 Å². The summed E-state index contributed by atoms with van der Waals surface area (Å²) in [7, 11) is 0. The van der Waals surface area contributed by atoms with Crippen molar-refractivity contribution in [3.05, 3.63) is 0 Å². The fourth-order valence-corrected chi connectivity index (χ4v) is 6.10. The number of hydrogen-bond donors (Lipinski definition) is 4. The van der Waals surface area contributed by atoms with Crippen LogP contribution in [0.4, 0.5) is 0 Å². The van der Waals surface area contributed by atoms with E-state index in [1.165, 1.54) is 64.2 Å². The van der Waals surface area contributed by atoms with E-state index in [1.807, 2.05) is 0 Å². The number of piperazine rings is 2. The van der Waals surface area contributed by atoms with E-state index in [9.17, 15) is 0 Å². The number of nitrogens with one attached hydrogen (secondary N) is 4. The fraction of sp³-hybridized carbons (Fsp3) is 1.00. The molecule has 2 aliphatic heterocycles. The molecule has 124 valence electrons. The number of rotatable bonds is 0. The molecule has 0 aromatic carbocycles. The van der Waals surface area contributed by atoms with Gasteiger partial charge in [-0.1, -0.05) is 25.7 Å². The van der Waals surface area contributed by atoms with Crippen LogP contribution in [0.1, 0.15) is 64.2 Å². The molecule has 2 saturated heterocycles. The lowest BCUT2D eigenvalue weighted by molar-refractivity contribution is 0.0689. The molecule has 5 fully saturated rings. The standard InChI is InChI=1S/C18H32N4/c1-2-6-12-11(5-1)19-15-9-17-18(10-16(15)20-12)22-14-8-4-3-7-13(14)21-17/h11-22H,1-10H2. The fourth-order valence-electron chi connectivity index (χ4n) is 6.10. The molecule has 4 N–H and O–H groups in total. The van der Waals surface area contributed by atoms with Gasteiger partial charge in [-0.25, -0.2) is 0 Å². The third kappa shape index (κ3) is 2.43. The zero-order chi connectivity index (χ0) is 14.5. The predicted molar refractivity (Wildman–Crippen MR) is 89.0 cm³/mol. The molecule has 0 spiro atoms. The molecule has 2 heterocycles. The SMILES string of the molecule is C1CCC2NC3CC4NC5CCCCC5NC4CC3NC2C1. The lowest BCUT2D eigenvalue weighted by Crippen LogP contribution is -2.75. The van der Waals surface area contributed by atoms with E-state index in [0.717, 1.165) is 24.2 Å². The Morgan fingerprint density at radius 2 is 0.636 bits per heavy atom. The summed E-state index contributed by atoms with van der Waals surface area (Å²) >= 11 is 0. The van der Waals surface area contributed by atoms with Crippen LogP contribution < -0.4 is 21.3 Å². The molecule has 4 heteroatoms. The van der Waals surface area contributed by atoms with E-state index < -0.39 is 0 Å². The molecule has 8 atom stereocenters. The average Bonchev–Trinajstić information content (AvgIpc) is 2.56. The molecule has 0 amide bonds. The summed E-state index contributed by atoms with van der Waals surface area (Å²) < 4.78 is 0. The molecule has 5 rings (SSSR count). The highest BCUT2D eigenvalue weighted by atomic mass is 15.2. The summed E-state index contributed by atoms with van der Waals surface area (Å²) in [5.41, 5.74) is 0. The highest BCUT2D eigenvalue weighted by molar-refractivity contribution is 5.10. The highest BCUT2D eigenvalue weighted by Gasteiger charge is 2.47. The first-order valence-corrected chi connectivity index (χ1v) is 9.91. The topological polar surface area (TPSA) is 48.1 Å². The first-order valence-electron chi connectivity index (χ1n) is 9.91. The third-order valence-corrected chi connectivity index (χ3v) is 7.23. The van der Waals surface area contributed by atoms with Gasteiger partial charge in [0.1, 0.15) is 0 Å². The Balaban J connectivity index is 1.29. The predicted octanol–water partition coefficient (Wildman–Crippen LogP) is 1.26. The Morgan fingerprint density at radius 3 is 0.909 bits per heavy atom. The molecule has 0 aromatic heterocycles. The summed E-state index contributed by atoms with van der Waals surface area (Å²) in [5, 5.41) is 16.1. The van der Waals surface area contributed by atoms with Crippen LogP contribution in [-0.2, 0) is 0 Å². The first kappa shape index (κ1) is 14.2. The quantitative estimate of drug-likeness (QED) is 0.544. The van der Waals surface area contributed by atoms with Crippen molar-refractivity contribution < 1.29 is 0 Å². The molecule has 0 radical (unpaired) electrons. The average molecular weight is 304 g/mol. The van der Waals surface area contributed by atoms with Crippen LogP contribution in [0, 0.1) is 0 Å². The van der Waals surface area contributed by atoms with Gasteiger partial charge in [-0.15, -0.1) is 0 Å². The first-order chi connectivity index (χ1) is 10.9. The summed E-state index contributed by atoms with van der Waals surface area (Å²) in [6, 6.07) is 5.72. The van der Waals surface area contributed by atoms with Crippen molar-refractivity contribution in [1.29, 1.82) is 0 Å². The maximum absolute atomic E-state index is 4.03. The lowest BCUT2D eigenvalue weighted by Gasteiger charge is -2.55. The second-order valence-electron chi connectivity index (χ2n) is 8.56. The van der Waals surface area contributed by atoms with Crippen molar-refractivity contribution in [2.45, 2.75) is 113 Å². The van der Waals surface area contributed by atoms with E-state index >= 15 is 0 Å². The van der Waals surface area contributed by atoms with Gasteiger partial charge in [0, 0.05) is 48.3 Å². The van der Waals surface area contributed by atoms with E-state index in [-0.39, 0.29) is 0 Å². The van der Waals surface area contributed by atoms with Crippen molar-refractivity contribution in [2.24, 2.45) is 0 Å². The van der Waals surface area contributed by atoms with Gasteiger partial charge in [-0.3, -0.25) is 0 Å². The van der Waals surface area contributed by atoms with Crippen LogP contribution in [-0.4, -0.2) is 48.3 Å². The van der Waals surface area contributed by atoms with Crippen molar-refractivity contribution in [3.63, 3.8) is 0 Å². The summed E-state index contributed by atoms with van der Waals surface area (Å²) in [5.74, 6) is 0. The van der Waals surface area contributed by atoms with Gasteiger partial charge in [-0.05, 0) is 38.5 Å². The Labute approximate surface area is 134 Å². The van der Waals surface area contributed by atoms with Crippen molar-refractivity contribution in [1.82, 2.24) is 21.3 Å². The Morgan fingerprint density at radius 1 is 0.364 bits per heavy atom. The minimum atomic E-state index is 0.690. The van der Waals surface area contributed by atoms with Gasteiger partial charge in [-0.2, -0.15) is 0 Å². The van der Waals surface area contributed by atoms with E-state index in [0.29, 0.717) is 24.2 Å². The summed E-state index contributed by atoms with van der Waals surface area (Å²) in [6.45, 7) is 0. The van der Waals surface area contributed by atoms with Crippen LogP contribution in [0.15, 0.2) is 0 Å². The maximum atomic E-state index is 4.03. The molecule has 8 unspecified atom stereocenters. The Bertz CT molecular complexity index is 340. The molecule has 0 aromatic rings. The molecule has 22 heavy (non-hydrogen) atoms. The monoisotopic (exact) mass is 304 g/mol. The van der Waals surface area contributed by atoms with Crippen LogP contribution in [0.2, 0.25) is 0 Å². The minimum absolute atomic E-state index is 0.690.